The molecule has 0 aliphatic carbocycles. The van der Waals surface area contributed by atoms with Crippen LogP contribution in [0.3, 0.4) is 0 Å². The van der Waals surface area contributed by atoms with Crippen molar-refractivity contribution in [3.63, 3.8) is 0 Å². The predicted octanol–water partition coefficient (Wildman–Crippen LogP) is 4.49. The highest BCUT2D eigenvalue weighted by atomic mass is 16.4. The van der Waals surface area contributed by atoms with Crippen LogP contribution in [0.4, 0.5) is 0 Å². The van der Waals surface area contributed by atoms with Crippen LogP contribution >= 0.6 is 0 Å². The number of amides is 2. The van der Waals surface area contributed by atoms with Crippen molar-refractivity contribution < 1.29 is 19.5 Å². The first kappa shape index (κ1) is 27.3. The van der Waals surface area contributed by atoms with Crippen LogP contribution in [0.5, 0.6) is 0 Å². The Labute approximate surface area is 224 Å². The molecule has 2 amide bonds. The summed E-state index contributed by atoms with van der Waals surface area (Å²) in [4.78, 5) is 37.8. The van der Waals surface area contributed by atoms with Gasteiger partial charge in [0.05, 0.1) is 0 Å². The molecule has 2 unspecified atom stereocenters. The van der Waals surface area contributed by atoms with Gasteiger partial charge in [0.1, 0.15) is 6.04 Å². The van der Waals surface area contributed by atoms with E-state index in [4.69, 9.17) is 0 Å². The molecular weight excluding hydrogens is 478 g/mol. The van der Waals surface area contributed by atoms with E-state index in [0.717, 1.165) is 13.0 Å². The van der Waals surface area contributed by atoms with Crippen LogP contribution in [0.2, 0.25) is 0 Å². The van der Waals surface area contributed by atoms with Crippen molar-refractivity contribution in [2.45, 2.75) is 51.1 Å². The van der Waals surface area contributed by atoms with Crippen molar-refractivity contribution in [1.29, 1.82) is 0 Å². The van der Waals surface area contributed by atoms with Crippen LogP contribution in [0.15, 0.2) is 72.8 Å². The summed E-state index contributed by atoms with van der Waals surface area (Å²) in [5.74, 6) is -1.09. The second-order valence-electron chi connectivity index (χ2n) is 10.2. The summed E-state index contributed by atoms with van der Waals surface area (Å²) in [5.41, 5.74) is 2.53. The molecule has 0 bridgehead atoms. The fourth-order valence-corrected chi connectivity index (χ4v) is 5.60. The molecule has 3 aromatic rings. The lowest BCUT2D eigenvalue weighted by molar-refractivity contribution is -0.142. The predicted molar refractivity (Wildman–Crippen MR) is 149 cm³/mol. The summed E-state index contributed by atoms with van der Waals surface area (Å²) in [5, 5.41) is 18.0. The Morgan fingerprint density at radius 2 is 1.71 bits per heavy atom. The molecule has 1 fully saturated rings. The van der Waals surface area contributed by atoms with Gasteiger partial charge >= 0.3 is 5.97 Å². The van der Waals surface area contributed by atoms with Crippen molar-refractivity contribution in [2.24, 2.45) is 5.92 Å². The summed E-state index contributed by atoms with van der Waals surface area (Å²) < 4.78 is 0. The van der Waals surface area contributed by atoms with Crippen molar-refractivity contribution >= 4 is 28.6 Å². The SMILES string of the molecule is CC(=O)N[C@@H](CCC(=O)N1CCC(c2ccccc2)C(CN[C@H](C)c2cccc3ccccc23)C1)C(=O)O. The second-order valence-corrected chi connectivity index (χ2v) is 10.2. The van der Waals surface area contributed by atoms with Gasteiger partial charge in [0.2, 0.25) is 11.8 Å². The highest BCUT2D eigenvalue weighted by Crippen LogP contribution is 2.34. The number of carbonyl (C=O) groups excluding carboxylic acids is 2. The minimum absolute atomic E-state index is 0.0692. The molecule has 4 atom stereocenters. The van der Waals surface area contributed by atoms with Gasteiger partial charge in [-0.1, -0.05) is 72.8 Å². The van der Waals surface area contributed by atoms with E-state index in [1.54, 1.807) is 0 Å². The minimum atomic E-state index is -1.12. The summed E-state index contributed by atoms with van der Waals surface area (Å²) in [6, 6.07) is 24.3. The molecule has 0 spiro atoms. The third kappa shape index (κ3) is 6.78. The number of carboxylic acids is 1. The van der Waals surface area contributed by atoms with Crippen LogP contribution < -0.4 is 10.6 Å². The first-order chi connectivity index (χ1) is 18.3. The summed E-state index contributed by atoms with van der Waals surface area (Å²) in [6.45, 7) is 5.44. The van der Waals surface area contributed by atoms with Crippen LogP contribution in [0.25, 0.3) is 10.8 Å². The third-order valence-electron chi connectivity index (χ3n) is 7.61. The van der Waals surface area contributed by atoms with Gasteiger partial charge in [-0.2, -0.15) is 0 Å². The van der Waals surface area contributed by atoms with E-state index in [1.165, 1.54) is 28.8 Å². The molecular formula is C31H37N3O4. The Kier molecular flexibility index (Phi) is 9.13. The largest absolute Gasteiger partial charge is 0.480 e. The highest BCUT2D eigenvalue weighted by molar-refractivity contribution is 5.86. The molecule has 0 aromatic heterocycles. The first-order valence-corrected chi connectivity index (χ1v) is 13.4. The minimum Gasteiger partial charge on any atom is -0.480 e. The number of carboxylic acid groups (broad SMARTS) is 1. The zero-order chi connectivity index (χ0) is 27.1. The molecule has 1 saturated heterocycles. The maximum absolute atomic E-state index is 13.1. The van der Waals surface area contributed by atoms with Gasteiger partial charge in [0.25, 0.3) is 0 Å². The maximum atomic E-state index is 13.1. The lowest BCUT2D eigenvalue weighted by atomic mass is 9.80. The summed E-state index contributed by atoms with van der Waals surface area (Å²) >= 11 is 0. The fourth-order valence-electron chi connectivity index (χ4n) is 5.60. The van der Waals surface area contributed by atoms with Gasteiger partial charge < -0.3 is 20.6 Å². The van der Waals surface area contributed by atoms with E-state index in [0.29, 0.717) is 19.0 Å². The Morgan fingerprint density at radius 3 is 2.45 bits per heavy atom. The smallest absolute Gasteiger partial charge is 0.326 e. The molecule has 1 aliphatic rings. The van der Waals surface area contributed by atoms with Gasteiger partial charge in [-0.3, -0.25) is 9.59 Å². The van der Waals surface area contributed by atoms with Crippen LogP contribution in [-0.2, 0) is 14.4 Å². The van der Waals surface area contributed by atoms with E-state index in [1.807, 2.05) is 11.0 Å². The van der Waals surface area contributed by atoms with Gasteiger partial charge in [0, 0.05) is 39.0 Å². The maximum Gasteiger partial charge on any atom is 0.326 e. The molecule has 7 heteroatoms. The number of rotatable bonds is 10. The topological polar surface area (TPSA) is 98.7 Å². The number of carbonyl (C=O) groups is 3. The third-order valence-corrected chi connectivity index (χ3v) is 7.61. The number of likely N-dealkylation sites (tertiary alicyclic amines) is 1. The molecule has 1 heterocycles. The molecule has 3 aromatic carbocycles. The Morgan fingerprint density at radius 1 is 1.00 bits per heavy atom. The second kappa shape index (κ2) is 12.7. The van der Waals surface area contributed by atoms with Crippen molar-refractivity contribution in [3.05, 3.63) is 83.9 Å². The quantitative estimate of drug-likeness (QED) is 0.370. The van der Waals surface area contributed by atoms with E-state index < -0.39 is 17.9 Å². The number of nitrogens with zero attached hydrogens (tertiary/aromatic N) is 1. The first-order valence-electron chi connectivity index (χ1n) is 13.4. The van der Waals surface area contributed by atoms with Gasteiger partial charge in [0.15, 0.2) is 0 Å². The van der Waals surface area contributed by atoms with E-state index >= 15 is 0 Å². The number of hydrogen-bond acceptors (Lipinski definition) is 4. The van der Waals surface area contributed by atoms with Crippen LogP contribution in [0, 0.1) is 5.92 Å². The van der Waals surface area contributed by atoms with Crippen LogP contribution in [-0.4, -0.2) is 53.5 Å². The molecule has 1 aliphatic heterocycles. The zero-order valence-corrected chi connectivity index (χ0v) is 22.1. The van der Waals surface area contributed by atoms with Crippen molar-refractivity contribution in [3.8, 4) is 0 Å². The lowest BCUT2D eigenvalue weighted by Gasteiger charge is -2.40. The molecule has 38 heavy (non-hydrogen) atoms. The zero-order valence-electron chi connectivity index (χ0n) is 22.1. The molecule has 3 N–H and O–H groups in total. The van der Waals surface area contributed by atoms with Gasteiger partial charge in [-0.25, -0.2) is 4.79 Å². The lowest BCUT2D eigenvalue weighted by Crippen LogP contribution is -2.47. The highest BCUT2D eigenvalue weighted by Gasteiger charge is 2.33. The van der Waals surface area contributed by atoms with Crippen molar-refractivity contribution in [2.75, 3.05) is 19.6 Å². The standard InChI is InChI=1S/C31H37N3O4/c1-21(26-14-8-12-24-11-6-7-13-28(24)26)32-19-25-20-34(18-17-27(25)23-9-4-3-5-10-23)30(36)16-15-29(31(37)38)33-22(2)35/h3-14,21,25,27,29,32H,15-20H2,1-2H3,(H,33,35)(H,37,38)/t21-,25?,27?,29+/m1/s1. The number of benzene rings is 3. The van der Waals surface area contributed by atoms with Gasteiger partial charge in [-0.05, 0) is 53.5 Å². The van der Waals surface area contributed by atoms with E-state index in [-0.39, 0.29) is 30.7 Å². The summed E-state index contributed by atoms with van der Waals surface area (Å²) in [6.07, 6.45) is 1.01. The number of hydrogen-bond donors (Lipinski definition) is 3. The Bertz CT molecular complexity index is 1260. The number of nitrogens with one attached hydrogen (secondary N) is 2. The number of fused-ring (bicyclic) bond motifs is 1. The van der Waals surface area contributed by atoms with Crippen LogP contribution in [0.1, 0.15) is 56.2 Å². The Balaban J connectivity index is 1.45. The Hall–Kier alpha value is -3.71. The molecule has 0 radical (unpaired) electrons. The normalized spacial score (nSPS) is 19.1. The van der Waals surface area contributed by atoms with E-state index in [9.17, 15) is 19.5 Å². The van der Waals surface area contributed by atoms with Crippen molar-refractivity contribution in [1.82, 2.24) is 15.5 Å². The average Bonchev–Trinajstić information content (AvgIpc) is 2.93. The average molecular weight is 516 g/mol. The molecule has 7 nitrogen and oxygen atoms in total. The monoisotopic (exact) mass is 515 g/mol. The molecule has 0 saturated carbocycles. The van der Waals surface area contributed by atoms with E-state index in [2.05, 4.69) is 84.3 Å². The molecule has 200 valence electrons. The summed E-state index contributed by atoms with van der Waals surface area (Å²) in [7, 11) is 0. The fraction of sp³-hybridized carbons (Fsp3) is 0.387. The molecule has 4 rings (SSSR count). The van der Waals surface area contributed by atoms with Gasteiger partial charge in [-0.15, -0.1) is 0 Å². The number of aliphatic carboxylic acids is 1. The number of piperidine rings is 1.